The number of unbranched alkanes of at least 4 members (excludes halogenated alkanes) is 1. The van der Waals surface area contributed by atoms with E-state index in [4.69, 9.17) is 9.47 Å². The maximum absolute atomic E-state index is 5.47. The Morgan fingerprint density at radius 1 is 1.31 bits per heavy atom. The lowest BCUT2D eigenvalue weighted by molar-refractivity contribution is 0.0244. The van der Waals surface area contributed by atoms with Crippen molar-refractivity contribution in [3.8, 4) is 0 Å². The first-order valence-electron chi connectivity index (χ1n) is 5.19. The van der Waals surface area contributed by atoms with Gasteiger partial charge in [0, 0.05) is 6.61 Å². The molecule has 0 aromatic rings. The topological polar surface area (TPSA) is 18.5 Å². The van der Waals surface area contributed by atoms with Gasteiger partial charge in [0.1, 0.15) is 6.10 Å². The molecule has 0 aliphatic heterocycles. The van der Waals surface area contributed by atoms with Crippen LogP contribution in [0.2, 0.25) is 0 Å². The first kappa shape index (κ1) is 12.5. The first-order valence-corrected chi connectivity index (χ1v) is 5.19. The minimum absolute atomic E-state index is 0.216. The lowest BCUT2D eigenvalue weighted by Crippen LogP contribution is -2.16. The molecule has 0 aliphatic carbocycles. The van der Waals surface area contributed by atoms with Crippen LogP contribution in [0.5, 0.6) is 0 Å². The number of allylic oxidation sites excluding steroid dienone is 1. The number of ether oxygens (including phenoxy) is 2. The maximum atomic E-state index is 5.47. The van der Waals surface area contributed by atoms with E-state index in [1.54, 1.807) is 6.26 Å². The van der Waals surface area contributed by atoms with Gasteiger partial charge in [0.15, 0.2) is 0 Å². The van der Waals surface area contributed by atoms with Crippen LogP contribution >= 0.6 is 0 Å². The van der Waals surface area contributed by atoms with E-state index in [-0.39, 0.29) is 6.10 Å². The molecule has 0 heterocycles. The van der Waals surface area contributed by atoms with Crippen LogP contribution in [0.4, 0.5) is 0 Å². The third kappa shape index (κ3) is 7.85. The SMILES string of the molecule is C/C=C\OC(CC)COCCCC. The van der Waals surface area contributed by atoms with E-state index in [1.807, 2.05) is 13.0 Å². The summed E-state index contributed by atoms with van der Waals surface area (Å²) >= 11 is 0. The molecule has 0 aliphatic rings. The molecule has 0 amide bonds. The zero-order valence-electron chi connectivity index (χ0n) is 9.08. The predicted octanol–water partition coefficient (Wildman–Crippen LogP) is 3.13. The van der Waals surface area contributed by atoms with Crippen molar-refractivity contribution in [1.82, 2.24) is 0 Å². The van der Waals surface area contributed by atoms with E-state index >= 15 is 0 Å². The van der Waals surface area contributed by atoms with E-state index in [9.17, 15) is 0 Å². The summed E-state index contributed by atoms with van der Waals surface area (Å²) in [5, 5.41) is 0. The lowest BCUT2D eigenvalue weighted by Gasteiger charge is -2.14. The highest BCUT2D eigenvalue weighted by atomic mass is 16.5. The highest BCUT2D eigenvalue weighted by Crippen LogP contribution is 2.00. The molecule has 0 aromatic carbocycles. The molecule has 78 valence electrons. The van der Waals surface area contributed by atoms with Crippen molar-refractivity contribution in [3.63, 3.8) is 0 Å². The van der Waals surface area contributed by atoms with Crippen LogP contribution in [0.15, 0.2) is 12.3 Å². The lowest BCUT2D eigenvalue weighted by atomic mass is 10.3. The Morgan fingerprint density at radius 2 is 2.08 bits per heavy atom. The fraction of sp³-hybridized carbons (Fsp3) is 0.818. The van der Waals surface area contributed by atoms with Gasteiger partial charge in [-0.25, -0.2) is 0 Å². The van der Waals surface area contributed by atoms with E-state index in [0.29, 0.717) is 6.61 Å². The molecule has 0 N–H and O–H groups in total. The summed E-state index contributed by atoms with van der Waals surface area (Å²) in [6.45, 7) is 7.78. The summed E-state index contributed by atoms with van der Waals surface area (Å²) in [5.41, 5.74) is 0. The highest BCUT2D eigenvalue weighted by Gasteiger charge is 2.04. The van der Waals surface area contributed by atoms with Crippen molar-refractivity contribution >= 4 is 0 Å². The number of hydrogen-bond acceptors (Lipinski definition) is 2. The fourth-order valence-corrected chi connectivity index (χ4v) is 0.904. The van der Waals surface area contributed by atoms with Gasteiger partial charge < -0.3 is 9.47 Å². The van der Waals surface area contributed by atoms with Crippen molar-refractivity contribution in [2.75, 3.05) is 13.2 Å². The third-order valence-electron chi connectivity index (χ3n) is 1.81. The van der Waals surface area contributed by atoms with Gasteiger partial charge in [-0.05, 0) is 19.8 Å². The van der Waals surface area contributed by atoms with Crippen LogP contribution in [-0.2, 0) is 9.47 Å². The van der Waals surface area contributed by atoms with E-state index in [0.717, 1.165) is 19.4 Å². The van der Waals surface area contributed by atoms with Gasteiger partial charge in [-0.15, -0.1) is 0 Å². The Morgan fingerprint density at radius 3 is 2.62 bits per heavy atom. The molecule has 1 unspecified atom stereocenters. The van der Waals surface area contributed by atoms with Crippen LogP contribution in [0.25, 0.3) is 0 Å². The Kier molecular flexibility index (Phi) is 9.22. The summed E-state index contributed by atoms with van der Waals surface area (Å²) < 4.78 is 10.9. The molecular weight excluding hydrogens is 164 g/mol. The largest absolute Gasteiger partial charge is 0.496 e. The normalized spacial score (nSPS) is 13.5. The summed E-state index contributed by atoms with van der Waals surface area (Å²) in [4.78, 5) is 0. The molecule has 0 spiro atoms. The molecule has 0 radical (unpaired) electrons. The van der Waals surface area contributed by atoms with Crippen molar-refractivity contribution in [3.05, 3.63) is 12.3 Å². The van der Waals surface area contributed by atoms with Gasteiger partial charge >= 0.3 is 0 Å². The highest BCUT2D eigenvalue weighted by molar-refractivity contribution is 4.68. The molecule has 0 bridgehead atoms. The Hall–Kier alpha value is -0.500. The summed E-state index contributed by atoms with van der Waals surface area (Å²) in [5.74, 6) is 0. The number of rotatable bonds is 8. The molecule has 0 saturated heterocycles. The van der Waals surface area contributed by atoms with E-state index in [2.05, 4.69) is 13.8 Å². The summed E-state index contributed by atoms with van der Waals surface area (Å²) in [6, 6.07) is 0. The minimum Gasteiger partial charge on any atom is -0.496 e. The zero-order valence-corrected chi connectivity index (χ0v) is 9.08. The monoisotopic (exact) mass is 186 g/mol. The Bertz CT molecular complexity index is 121. The fourth-order valence-electron chi connectivity index (χ4n) is 0.904. The van der Waals surface area contributed by atoms with Crippen molar-refractivity contribution < 1.29 is 9.47 Å². The van der Waals surface area contributed by atoms with Crippen LogP contribution < -0.4 is 0 Å². The second-order valence-electron chi connectivity index (χ2n) is 3.06. The van der Waals surface area contributed by atoms with Crippen LogP contribution in [0.1, 0.15) is 40.0 Å². The second-order valence-corrected chi connectivity index (χ2v) is 3.06. The molecule has 0 saturated carbocycles. The van der Waals surface area contributed by atoms with Gasteiger partial charge in [0.05, 0.1) is 12.9 Å². The molecule has 0 fully saturated rings. The summed E-state index contributed by atoms with van der Waals surface area (Å²) in [7, 11) is 0. The van der Waals surface area contributed by atoms with Crippen molar-refractivity contribution in [2.24, 2.45) is 0 Å². The molecule has 2 heteroatoms. The Balaban J connectivity index is 3.36. The van der Waals surface area contributed by atoms with Crippen molar-refractivity contribution in [1.29, 1.82) is 0 Å². The molecule has 0 rings (SSSR count). The van der Waals surface area contributed by atoms with Crippen LogP contribution in [0.3, 0.4) is 0 Å². The molecule has 0 aromatic heterocycles. The van der Waals surface area contributed by atoms with Crippen LogP contribution in [0, 0.1) is 0 Å². The molecular formula is C11H22O2. The van der Waals surface area contributed by atoms with Gasteiger partial charge in [0.2, 0.25) is 0 Å². The van der Waals surface area contributed by atoms with Crippen LogP contribution in [-0.4, -0.2) is 19.3 Å². The first-order chi connectivity index (χ1) is 6.35. The van der Waals surface area contributed by atoms with E-state index in [1.165, 1.54) is 6.42 Å². The standard InChI is InChI=1S/C11H22O2/c1-4-7-9-12-10-11(6-3)13-8-5-2/h5,8,11H,4,6-7,9-10H2,1-3H3/b8-5-. The zero-order chi connectivity index (χ0) is 9.94. The summed E-state index contributed by atoms with van der Waals surface area (Å²) in [6.07, 6.45) is 7.17. The molecule has 2 nitrogen and oxygen atoms in total. The minimum atomic E-state index is 0.216. The van der Waals surface area contributed by atoms with Gasteiger partial charge in [0.25, 0.3) is 0 Å². The van der Waals surface area contributed by atoms with E-state index < -0.39 is 0 Å². The Labute approximate surface area is 81.9 Å². The average molecular weight is 186 g/mol. The molecule has 1 atom stereocenters. The molecule has 13 heavy (non-hydrogen) atoms. The number of hydrogen-bond donors (Lipinski definition) is 0. The second kappa shape index (κ2) is 9.59. The van der Waals surface area contributed by atoms with Gasteiger partial charge in [-0.2, -0.15) is 0 Å². The van der Waals surface area contributed by atoms with Gasteiger partial charge in [-0.3, -0.25) is 0 Å². The quantitative estimate of drug-likeness (QED) is 0.428. The smallest absolute Gasteiger partial charge is 0.121 e. The predicted molar refractivity (Wildman–Crippen MR) is 55.7 cm³/mol. The van der Waals surface area contributed by atoms with Crippen molar-refractivity contribution in [2.45, 2.75) is 46.1 Å². The maximum Gasteiger partial charge on any atom is 0.121 e. The third-order valence-corrected chi connectivity index (χ3v) is 1.81. The average Bonchev–Trinajstić information content (AvgIpc) is 2.17. The van der Waals surface area contributed by atoms with Gasteiger partial charge in [-0.1, -0.05) is 26.3 Å².